The van der Waals surface area contributed by atoms with Gasteiger partial charge in [-0.1, -0.05) is 34.6 Å². The van der Waals surface area contributed by atoms with Crippen LogP contribution >= 0.6 is 27.7 Å². The van der Waals surface area contributed by atoms with Crippen LogP contribution in [-0.2, 0) is 4.74 Å². The van der Waals surface area contributed by atoms with Gasteiger partial charge in [0.25, 0.3) is 5.91 Å². The molecule has 0 unspecified atom stereocenters. The van der Waals surface area contributed by atoms with Crippen molar-refractivity contribution in [3.05, 3.63) is 52.0 Å². The Hall–Kier alpha value is -1.63. The molecular formula is C22H25BrN2O2S. The van der Waals surface area contributed by atoms with E-state index in [0.717, 1.165) is 39.2 Å². The maximum absolute atomic E-state index is 12.5. The summed E-state index contributed by atoms with van der Waals surface area (Å²) in [5.41, 5.74) is 3.67. The number of rotatable bonds is 7. The molecule has 1 aliphatic heterocycles. The normalized spacial score (nSPS) is 12.8. The third-order valence-electron chi connectivity index (χ3n) is 4.34. The SMILES string of the molecule is CCC1=Nc2cc(C(=O)NCCCOC(C)C)ccc2Sc2ccc(Br)cc21. The topological polar surface area (TPSA) is 50.7 Å². The van der Waals surface area contributed by atoms with Crippen LogP contribution < -0.4 is 5.32 Å². The van der Waals surface area contributed by atoms with Gasteiger partial charge in [0, 0.05) is 44.3 Å². The summed E-state index contributed by atoms with van der Waals surface area (Å²) in [5.74, 6) is -0.0740. The fourth-order valence-corrected chi connectivity index (χ4v) is 4.30. The molecule has 3 rings (SSSR count). The summed E-state index contributed by atoms with van der Waals surface area (Å²) < 4.78 is 6.55. The van der Waals surface area contributed by atoms with Gasteiger partial charge in [-0.15, -0.1) is 0 Å². The quantitative estimate of drug-likeness (QED) is 0.516. The molecule has 148 valence electrons. The van der Waals surface area contributed by atoms with Crippen molar-refractivity contribution in [2.75, 3.05) is 13.2 Å². The Balaban J connectivity index is 1.76. The lowest BCUT2D eigenvalue weighted by Gasteiger charge is -2.09. The number of nitrogens with one attached hydrogen (secondary N) is 1. The minimum atomic E-state index is -0.0740. The van der Waals surface area contributed by atoms with Crippen LogP contribution in [0.1, 0.15) is 49.5 Å². The average molecular weight is 461 g/mol. The molecule has 0 saturated heterocycles. The van der Waals surface area contributed by atoms with Crippen molar-refractivity contribution in [1.29, 1.82) is 0 Å². The third kappa shape index (κ3) is 5.25. The molecular weight excluding hydrogens is 436 g/mol. The van der Waals surface area contributed by atoms with Crippen LogP contribution in [0.2, 0.25) is 0 Å². The summed E-state index contributed by atoms with van der Waals surface area (Å²) in [5, 5.41) is 2.96. The van der Waals surface area contributed by atoms with Gasteiger partial charge in [-0.3, -0.25) is 9.79 Å². The van der Waals surface area contributed by atoms with Crippen molar-refractivity contribution in [2.24, 2.45) is 4.99 Å². The second-order valence-corrected chi connectivity index (χ2v) is 8.87. The number of ether oxygens (including phenoxy) is 1. The molecule has 0 radical (unpaired) electrons. The van der Waals surface area contributed by atoms with Crippen LogP contribution in [0.25, 0.3) is 0 Å². The molecule has 1 N–H and O–H groups in total. The van der Waals surface area contributed by atoms with Crippen molar-refractivity contribution in [1.82, 2.24) is 5.32 Å². The highest BCUT2D eigenvalue weighted by atomic mass is 79.9. The number of carbonyl (C=O) groups is 1. The Morgan fingerprint density at radius 3 is 2.75 bits per heavy atom. The lowest BCUT2D eigenvalue weighted by Crippen LogP contribution is -2.25. The molecule has 0 atom stereocenters. The van der Waals surface area contributed by atoms with Gasteiger partial charge < -0.3 is 10.1 Å². The molecule has 28 heavy (non-hydrogen) atoms. The zero-order valence-corrected chi connectivity index (χ0v) is 18.8. The number of aliphatic imine (C=N–C) groups is 1. The van der Waals surface area contributed by atoms with Gasteiger partial charge in [0.05, 0.1) is 11.8 Å². The van der Waals surface area contributed by atoms with Crippen molar-refractivity contribution >= 4 is 45.0 Å². The van der Waals surface area contributed by atoms with E-state index < -0.39 is 0 Å². The molecule has 0 spiro atoms. The lowest BCUT2D eigenvalue weighted by atomic mass is 10.1. The molecule has 1 heterocycles. The predicted octanol–water partition coefficient (Wildman–Crippen LogP) is 5.99. The average Bonchev–Trinajstić information content (AvgIpc) is 2.82. The minimum Gasteiger partial charge on any atom is -0.379 e. The van der Waals surface area contributed by atoms with Gasteiger partial charge in [-0.25, -0.2) is 0 Å². The minimum absolute atomic E-state index is 0.0740. The molecule has 0 saturated carbocycles. The maximum atomic E-state index is 12.5. The summed E-state index contributed by atoms with van der Waals surface area (Å²) >= 11 is 5.25. The standard InChI is InChI=1S/C22H25BrN2O2S/c1-4-18-17-13-16(23)7-9-20(17)28-21-8-6-15(12-19(21)25-18)22(26)24-10-5-11-27-14(2)3/h6-9,12-14H,4-5,10-11H2,1-3H3,(H,24,26). The van der Waals surface area contributed by atoms with Crippen LogP contribution in [0.4, 0.5) is 5.69 Å². The third-order valence-corrected chi connectivity index (χ3v) is 5.98. The number of fused-ring (bicyclic) bond motifs is 2. The fourth-order valence-electron chi connectivity index (χ4n) is 2.94. The lowest BCUT2D eigenvalue weighted by molar-refractivity contribution is 0.0757. The largest absolute Gasteiger partial charge is 0.379 e. The zero-order valence-electron chi connectivity index (χ0n) is 16.4. The molecule has 0 aromatic heterocycles. The van der Waals surface area contributed by atoms with E-state index in [2.05, 4.69) is 46.4 Å². The highest BCUT2D eigenvalue weighted by Gasteiger charge is 2.18. The summed E-state index contributed by atoms with van der Waals surface area (Å²) in [7, 11) is 0. The molecule has 1 amide bonds. The molecule has 1 aliphatic rings. The van der Waals surface area contributed by atoms with Gasteiger partial charge in [0.1, 0.15) is 0 Å². The van der Waals surface area contributed by atoms with E-state index in [-0.39, 0.29) is 12.0 Å². The maximum Gasteiger partial charge on any atom is 0.251 e. The van der Waals surface area contributed by atoms with Gasteiger partial charge >= 0.3 is 0 Å². The zero-order chi connectivity index (χ0) is 20.1. The van der Waals surface area contributed by atoms with Crippen LogP contribution in [0.5, 0.6) is 0 Å². The molecule has 2 aromatic rings. The first kappa shape index (κ1) is 21.1. The van der Waals surface area contributed by atoms with Crippen molar-refractivity contribution < 1.29 is 9.53 Å². The van der Waals surface area contributed by atoms with Crippen molar-refractivity contribution in [3.8, 4) is 0 Å². The van der Waals surface area contributed by atoms with Crippen LogP contribution in [0.15, 0.2) is 55.7 Å². The molecule has 4 nitrogen and oxygen atoms in total. The molecule has 0 fully saturated rings. The highest BCUT2D eigenvalue weighted by molar-refractivity contribution is 9.10. The summed E-state index contributed by atoms with van der Waals surface area (Å²) in [6.07, 6.45) is 1.84. The second kappa shape index (κ2) is 9.72. The van der Waals surface area contributed by atoms with E-state index in [1.807, 2.05) is 32.0 Å². The number of carbonyl (C=O) groups excluding carboxylic acids is 1. The van der Waals surface area contributed by atoms with E-state index in [0.29, 0.717) is 18.7 Å². The van der Waals surface area contributed by atoms with Crippen molar-refractivity contribution in [2.45, 2.75) is 49.5 Å². The first-order valence-corrected chi connectivity index (χ1v) is 11.2. The van der Waals surface area contributed by atoms with E-state index in [1.165, 1.54) is 4.90 Å². The summed E-state index contributed by atoms with van der Waals surface area (Å²) in [6, 6.07) is 12.0. The van der Waals surface area contributed by atoms with Gasteiger partial charge in [-0.05, 0) is 63.1 Å². The Bertz CT molecular complexity index is 896. The Morgan fingerprint density at radius 1 is 1.21 bits per heavy atom. The highest BCUT2D eigenvalue weighted by Crippen LogP contribution is 2.41. The number of amides is 1. The van der Waals surface area contributed by atoms with Crippen LogP contribution in [0, 0.1) is 0 Å². The predicted molar refractivity (Wildman–Crippen MR) is 119 cm³/mol. The van der Waals surface area contributed by atoms with Crippen molar-refractivity contribution in [3.63, 3.8) is 0 Å². The van der Waals surface area contributed by atoms with E-state index in [1.54, 1.807) is 11.8 Å². The first-order chi connectivity index (χ1) is 13.5. The number of halogens is 1. The number of nitrogens with zero attached hydrogens (tertiary/aromatic N) is 1. The molecule has 2 aromatic carbocycles. The Morgan fingerprint density at radius 2 is 2.00 bits per heavy atom. The summed E-state index contributed by atoms with van der Waals surface area (Å²) in [4.78, 5) is 19.7. The van der Waals surface area contributed by atoms with Gasteiger partial charge in [-0.2, -0.15) is 0 Å². The smallest absolute Gasteiger partial charge is 0.251 e. The van der Waals surface area contributed by atoms with E-state index in [4.69, 9.17) is 9.73 Å². The fraction of sp³-hybridized carbons (Fsp3) is 0.364. The van der Waals surface area contributed by atoms with Gasteiger partial charge in [0.15, 0.2) is 0 Å². The second-order valence-electron chi connectivity index (χ2n) is 6.87. The number of hydrogen-bond donors (Lipinski definition) is 1. The van der Waals surface area contributed by atoms with Gasteiger partial charge in [0.2, 0.25) is 0 Å². The Kier molecular flexibility index (Phi) is 7.32. The molecule has 0 bridgehead atoms. The monoisotopic (exact) mass is 460 g/mol. The van der Waals surface area contributed by atoms with E-state index in [9.17, 15) is 4.79 Å². The summed E-state index contributed by atoms with van der Waals surface area (Å²) in [6.45, 7) is 7.37. The van der Waals surface area contributed by atoms with E-state index >= 15 is 0 Å². The number of hydrogen-bond acceptors (Lipinski definition) is 4. The molecule has 6 heteroatoms. The molecule has 0 aliphatic carbocycles. The Labute approximate surface area is 179 Å². The number of benzene rings is 2. The first-order valence-electron chi connectivity index (χ1n) is 9.57. The van der Waals surface area contributed by atoms with Crippen LogP contribution in [0.3, 0.4) is 0 Å². The van der Waals surface area contributed by atoms with Crippen LogP contribution in [-0.4, -0.2) is 30.9 Å².